The quantitative estimate of drug-likeness (QED) is 0.619. The molecule has 0 saturated carbocycles. The Morgan fingerprint density at radius 1 is 1.30 bits per heavy atom. The molecular formula is C15H21NO3S. The van der Waals surface area contributed by atoms with Crippen LogP contribution in [0.4, 0.5) is 5.69 Å². The third-order valence-electron chi connectivity index (χ3n) is 2.81. The Morgan fingerprint density at radius 3 is 2.50 bits per heavy atom. The summed E-state index contributed by atoms with van der Waals surface area (Å²) >= 11 is 1.65. The first-order valence-corrected chi connectivity index (χ1v) is 7.74. The summed E-state index contributed by atoms with van der Waals surface area (Å²) in [7, 11) is 1.34. The Hall–Kier alpha value is -1.49. The van der Waals surface area contributed by atoms with Crippen molar-refractivity contribution in [1.29, 1.82) is 0 Å². The molecule has 110 valence electrons. The summed E-state index contributed by atoms with van der Waals surface area (Å²) < 4.78 is 4.62. The van der Waals surface area contributed by atoms with E-state index in [4.69, 9.17) is 0 Å². The van der Waals surface area contributed by atoms with Crippen LogP contribution in [-0.4, -0.2) is 30.0 Å². The molecule has 0 aliphatic carbocycles. The van der Waals surface area contributed by atoms with Crippen molar-refractivity contribution < 1.29 is 14.3 Å². The number of hydrogen-bond donors (Lipinski definition) is 1. The van der Waals surface area contributed by atoms with Crippen LogP contribution in [0.15, 0.2) is 24.3 Å². The molecule has 4 nitrogen and oxygen atoms in total. The van der Waals surface area contributed by atoms with Gasteiger partial charge < -0.3 is 10.1 Å². The van der Waals surface area contributed by atoms with Crippen LogP contribution in [0.1, 0.15) is 37.0 Å². The summed E-state index contributed by atoms with van der Waals surface area (Å²) in [6.45, 7) is 4.03. The van der Waals surface area contributed by atoms with Crippen LogP contribution in [0.3, 0.4) is 0 Å². The zero-order valence-electron chi connectivity index (χ0n) is 12.1. The van der Waals surface area contributed by atoms with E-state index in [1.54, 1.807) is 36.0 Å². The highest BCUT2D eigenvalue weighted by Gasteiger charge is 2.13. The van der Waals surface area contributed by atoms with Gasteiger partial charge in [-0.3, -0.25) is 4.79 Å². The number of carbonyl (C=O) groups excluding carboxylic acids is 2. The molecule has 1 aromatic rings. The van der Waals surface area contributed by atoms with E-state index in [-0.39, 0.29) is 17.1 Å². The molecular weight excluding hydrogens is 274 g/mol. The lowest BCUT2D eigenvalue weighted by Crippen LogP contribution is -2.22. The van der Waals surface area contributed by atoms with Gasteiger partial charge in [0.2, 0.25) is 5.91 Å². The van der Waals surface area contributed by atoms with Gasteiger partial charge in [-0.15, -0.1) is 11.8 Å². The van der Waals surface area contributed by atoms with Crippen molar-refractivity contribution in [2.75, 3.05) is 18.2 Å². The van der Waals surface area contributed by atoms with Gasteiger partial charge in [0.15, 0.2) is 0 Å². The first-order chi connectivity index (χ1) is 9.58. The molecule has 1 rings (SSSR count). The maximum Gasteiger partial charge on any atom is 0.337 e. The molecule has 0 saturated heterocycles. The molecule has 0 radical (unpaired) electrons. The highest BCUT2D eigenvalue weighted by Crippen LogP contribution is 2.16. The number of unbranched alkanes of at least 4 members (excludes halogenated alkanes) is 1. The summed E-state index contributed by atoms with van der Waals surface area (Å²) in [4.78, 5) is 23.2. The Morgan fingerprint density at radius 2 is 1.95 bits per heavy atom. The molecule has 1 unspecified atom stereocenters. The van der Waals surface area contributed by atoms with Gasteiger partial charge in [0.25, 0.3) is 0 Å². The van der Waals surface area contributed by atoms with Gasteiger partial charge in [0, 0.05) is 5.69 Å². The lowest BCUT2D eigenvalue weighted by atomic mass is 10.2. The van der Waals surface area contributed by atoms with Crippen molar-refractivity contribution >= 4 is 29.3 Å². The lowest BCUT2D eigenvalue weighted by molar-refractivity contribution is -0.115. The molecule has 0 aliphatic rings. The standard InChI is InChI=1S/C15H21NO3S/c1-4-5-10-20-11(2)14(17)16-13-8-6-12(7-9-13)15(18)19-3/h6-9,11H,4-5,10H2,1-3H3,(H,16,17). The van der Waals surface area contributed by atoms with Crippen LogP contribution in [0.5, 0.6) is 0 Å². The third kappa shape index (κ3) is 5.25. The number of rotatable bonds is 7. The van der Waals surface area contributed by atoms with Crippen molar-refractivity contribution in [3.05, 3.63) is 29.8 Å². The van der Waals surface area contributed by atoms with E-state index in [2.05, 4.69) is 17.0 Å². The minimum Gasteiger partial charge on any atom is -0.465 e. The molecule has 20 heavy (non-hydrogen) atoms. The van der Waals surface area contributed by atoms with Crippen molar-refractivity contribution in [1.82, 2.24) is 0 Å². The van der Waals surface area contributed by atoms with Crippen LogP contribution in [0.25, 0.3) is 0 Å². The number of ether oxygens (including phenoxy) is 1. The second-order valence-electron chi connectivity index (χ2n) is 4.42. The molecule has 0 fully saturated rings. The molecule has 5 heteroatoms. The highest BCUT2D eigenvalue weighted by atomic mass is 32.2. The zero-order chi connectivity index (χ0) is 15.0. The number of nitrogens with one attached hydrogen (secondary N) is 1. The van der Waals surface area contributed by atoms with Crippen molar-refractivity contribution in [2.24, 2.45) is 0 Å². The van der Waals surface area contributed by atoms with Gasteiger partial charge >= 0.3 is 5.97 Å². The minimum absolute atomic E-state index is 0.0167. The Bertz CT molecular complexity index is 445. The van der Waals surface area contributed by atoms with E-state index in [1.165, 1.54) is 7.11 Å². The number of benzene rings is 1. The topological polar surface area (TPSA) is 55.4 Å². The molecule has 0 spiro atoms. The van der Waals surface area contributed by atoms with E-state index in [0.717, 1.165) is 18.6 Å². The molecule has 0 bridgehead atoms. The van der Waals surface area contributed by atoms with E-state index >= 15 is 0 Å². The Labute approximate surface area is 124 Å². The van der Waals surface area contributed by atoms with Crippen molar-refractivity contribution in [3.63, 3.8) is 0 Å². The van der Waals surface area contributed by atoms with Gasteiger partial charge in [0.1, 0.15) is 0 Å². The number of anilines is 1. The fraction of sp³-hybridized carbons (Fsp3) is 0.467. The number of esters is 1. The molecule has 1 amide bonds. The maximum atomic E-state index is 12.0. The molecule has 1 aromatic carbocycles. The first kappa shape index (κ1) is 16.6. The van der Waals surface area contributed by atoms with Crippen molar-refractivity contribution in [3.8, 4) is 0 Å². The predicted molar refractivity (Wildman–Crippen MR) is 83.2 cm³/mol. The average molecular weight is 295 g/mol. The fourth-order valence-electron chi connectivity index (χ4n) is 1.53. The summed E-state index contributed by atoms with van der Waals surface area (Å²) in [5.41, 5.74) is 1.15. The van der Waals surface area contributed by atoms with Gasteiger partial charge in [-0.2, -0.15) is 0 Å². The summed E-state index contributed by atoms with van der Waals surface area (Å²) in [6.07, 6.45) is 2.26. The largest absolute Gasteiger partial charge is 0.465 e. The average Bonchev–Trinajstić information content (AvgIpc) is 2.47. The Kier molecular flexibility index (Phi) is 7.15. The number of amides is 1. The summed E-state index contributed by atoms with van der Waals surface area (Å²) in [5.74, 6) is 0.593. The SMILES string of the molecule is CCCCSC(C)C(=O)Nc1ccc(C(=O)OC)cc1. The smallest absolute Gasteiger partial charge is 0.337 e. The summed E-state index contributed by atoms with van der Waals surface area (Å²) in [6, 6.07) is 6.67. The van der Waals surface area contributed by atoms with Crippen LogP contribution in [-0.2, 0) is 9.53 Å². The second kappa shape index (κ2) is 8.64. The Balaban J connectivity index is 2.51. The molecule has 0 aliphatic heterocycles. The zero-order valence-corrected chi connectivity index (χ0v) is 13.0. The maximum absolute atomic E-state index is 12.0. The first-order valence-electron chi connectivity index (χ1n) is 6.69. The summed E-state index contributed by atoms with van der Waals surface area (Å²) in [5, 5.41) is 2.76. The molecule has 0 heterocycles. The van der Waals surface area contributed by atoms with E-state index in [0.29, 0.717) is 11.3 Å². The van der Waals surface area contributed by atoms with Gasteiger partial charge in [-0.05, 0) is 43.4 Å². The second-order valence-corrected chi connectivity index (χ2v) is 5.87. The van der Waals surface area contributed by atoms with Crippen LogP contribution in [0.2, 0.25) is 0 Å². The van der Waals surface area contributed by atoms with E-state index < -0.39 is 0 Å². The van der Waals surface area contributed by atoms with Crippen LogP contribution < -0.4 is 5.32 Å². The van der Waals surface area contributed by atoms with Gasteiger partial charge in [0.05, 0.1) is 17.9 Å². The van der Waals surface area contributed by atoms with E-state index in [9.17, 15) is 9.59 Å². The fourth-order valence-corrected chi connectivity index (χ4v) is 2.55. The van der Waals surface area contributed by atoms with E-state index in [1.807, 2.05) is 6.92 Å². The number of hydrogen-bond acceptors (Lipinski definition) is 4. The predicted octanol–water partition coefficient (Wildman–Crippen LogP) is 3.33. The molecule has 0 aromatic heterocycles. The van der Waals surface area contributed by atoms with Gasteiger partial charge in [-0.1, -0.05) is 13.3 Å². The number of methoxy groups -OCH3 is 1. The third-order valence-corrected chi connectivity index (χ3v) is 4.05. The van der Waals surface area contributed by atoms with Gasteiger partial charge in [-0.25, -0.2) is 4.79 Å². The minimum atomic E-state index is -0.383. The monoisotopic (exact) mass is 295 g/mol. The van der Waals surface area contributed by atoms with Crippen LogP contribution in [0, 0.1) is 0 Å². The van der Waals surface area contributed by atoms with Crippen molar-refractivity contribution in [2.45, 2.75) is 31.9 Å². The number of thioether (sulfide) groups is 1. The normalized spacial score (nSPS) is 11.8. The number of carbonyl (C=O) groups is 2. The van der Waals surface area contributed by atoms with Crippen LogP contribution >= 0.6 is 11.8 Å². The molecule has 1 N–H and O–H groups in total. The highest BCUT2D eigenvalue weighted by molar-refractivity contribution is 8.00. The molecule has 1 atom stereocenters. The lowest BCUT2D eigenvalue weighted by Gasteiger charge is -2.12.